The molecule has 0 saturated carbocycles. The van der Waals surface area contributed by atoms with Crippen molar-refractivity contribution in [2.24, 2.45) is 0 Å². The predicted molar refractivity (Wildman–Crippen MR) is 123 cm³/mol. The van der Waals surface area contributed by atoms with E-state index in [-0.39, 0.29) is 18.2 Å². The number of aromatic nitrogens is 3. The molecule has 0 fully saturated rings. The van der Waals surface area contributed by atoms with Gasteiger partial charge in [-0.05, 0) is 48.9 Å². The molecule has 0 aliphatic carbocycles. The Balaban J connectivity index is 1.44. The maximum absolute atomic E-state index is 12.8. The van der Waals surface area contributed by atoms with Gasteiger partial charge in [0.15, 0.2) is 5.82 Å². The lowest BCUT2D eigenvalue weighted by Gasteiger charge is -2.19. The van der Waals surface area contributed by atoms with E-state index in [1.165, 1.54) is 0 Å². The van der Waals surface area contributed by atoms with Gasteiger partial charge in [-0.2, -0.15) is 5.10 Å². The summed E-state index contributed by atoms with van der Waals surface area (Å²) < 4.78 is 0. The molecule has 160 valence electrons. The van der Waals surface area contributed by atoms with Crippen molar-refractivity contribution >= 4 is 17.5 Å². The first-order valence-corrected chi connectivity index (χ1v) is 10.3. The fourth-order valence-electron chi connectivity index (χ4n) is 3.34. The van der Waals surface area contributed by atoms with E-state index in [9.17, 15) is 9.59 Å². The van der Waals surface area contributed by atoms with E-state index >= 15 is 0 Å². The molecule has 0 aliphatic heterocycles. The van der Waals surface area contributed by atoms with Crippen LogP contribution in [-0.4, -0.2) is 27.0 Å². The van der Waals surface area contributed by atoms with Crippen LogP contribution >= 0.6 is 0 Å². The molecular weight excluding hydrogens is 402 g/mol. The fourth-order valence-corrected chi connectivity index (χ4v) is 3.34. The van der Waals surface area contributed by atoms with Crippen LogP contribution in [0.15, 0.2) is 84.9 Å². The molecule has 3 aromatic carbocycles. The van der Waals surface area contributed by atoms with E-state index in [4.69, 9.17) is 0 Å². The van der Waals surface area contributed by atoms with Gasteiger partial charge >= 0.3 is 0 Å². The molecule has 0 saturated heterocycles. The Bertz CT molecular complexity index is 1190. The van der Waals surface area contributed by atoms with E-state index in [0.717, 1.165) is 17.0 Å². The molecular formula is C25H23N5O2. The summed E-state index contributed by atoms with van der Waals surface area (Å²) in [7, 11) is 0. The summed E-state index contributed by atoms with van der Waals surface area (Å²) in [6, 6.07) is 25.3. The minimum absolute atomic E-state index is 0.102. The molecule has 0 aliphatic rings. The Labute approximate surface area is 185 Å². The zero-order valence-electron chi connectivity index (χ0n) is 17.6. The third-order valence-electron chi connectivity index (χ3n) is 4.96. The zero-order chi connectivity index (χ0) is 22.3. The number of anilines is 1. The summed E-state index contributed by atoms with van der Waals surface area (Å²) in [5.41, 5.74) is 2.92. The Morgan fingerprint density at radius 2 is 1.56 bits per heavy atom. The number of nitrogens with one attached hydrogen (secondary N) is 3. The Morgan fingerprint density at radius 3 is 2.19 bits per heavy atom. The lowest BCUT2D eigenvalue weighted by molar-refractivity contribution is -0.116. The van der Waals surface area contributed by atoms with Crippen molar-refractivity contribution in [3.8, 4) is 11.4 Å². The van der Waals surface area contributed by atoms with Crippen molar-refractivity contribution in [2.45, 2.75) is 19.4 Å². The normalized spacial score (nSPS) is 11.5. The smallest absolute Gasteiger partial charge is 0.251 e. The molecule has 4 rings (SSSR count). The lowest BCUT2D eigenvalue weighted by atomic mass is 10.0. The highest BCUT2D eigenvalue weighted by atomic mass is 16.2. The SMILES string of the molecule is Cc1nc(-c2ccc(NC(=O)CC(NC(=O)c3ccccc3)c3ccccc3)cc2)n[nH]1. The number of hydrogen-bond donors (Lipinski definition) is 3. The molecule has 32 heavy (non-hydrogen) atoms. The molecule has 1 heterocycles. The van der Waals surface area contributed by atoms with Gasteiger partial charge in [0.1, 0.15) is 5.82 Å². The number of carbonyl (C=O) groups excluding carboxylic acids is 2. The van der Waals surface area contributed by atoms with Gasteiger partial charge < -0.3 is 10.6 Å². The van der Waals surface area contributed by atoms with Gasteiger partial charge in [0.25, 0.3) is 5.91 Å². The van der Waals surface area contributed by atoms with Crippen LogP contribution in [0.5, 0.6) is 0 Å². The molecule has 0 spiro atoms. The van der Waals surface area contributed by atoms with Gasteiger partial charge in [-0.25, -0.2) is 4.98 Å². The van der Waals surface area contributed by atoms with E-state index in [2.05, 4.69) is 25.8 Å². The van der Waals surface area contributed by atoms with Gasteiger partial charge in [-0.1, -0.05) is 48.5 Å². The second-order valence-corrected chi connectivity index (χ2v) is 7.38. The third kappa shape index (κ3) is 5.26. The highest BCUT2D eigenvalue weighted by Gasteiger charge is 2.19. The number of aromatic amines is 1. The van der Waals surface area contributed by atoms with Crippen LogP contribution in [-0.2, 0) is 4.79 Å². The first kappa shape index (κ1) is 21.0. The minimum atomic E-state index is -0.459. The molecule has 3 N–H and O–H groups in total. The molecule has 1 aromatic heterocycles. The maximum atomic E-state index is 12.8. The predicted octanol–water partition coefficient (Wildman–Crippen LogP) is 4.28. The summed E-state index contributed by atoms with van der Waals surface area (Å²) in [5, 5.41) is 12.8. The van der Waals surface area contributed by atoms with Crippen molar-refractivity contribution in [3.05, 3.63) is 102 Å². The number of aryl methyl sites for hydroxylation is 1. The number of hydrogen-bond acceptors (Lipinski definition) is 4. The van der Waals surface area contributed by atoms with Gasteiger partial charge in [-0.15, -0.1) is 0 Å². The first-order valence-electron chi connectivity index (χ1n) is 10.3. The summed E-state index contributed by atoms with van der Waals surface area (Å²) in [6.45, 7) is 1.84. The second kappa shape index (κ2) is 9.70. The van der Waals surface area contributed by atoms with Crippen molar-refractivity contribution in [1.82, 2.24) is 20.5 Å². The maximum Gasteiger partial charge on any atom is 0.251 e. The number of H-pyrrole nitrogens is 1. The number of amides is 2. The van der Waals surface area contributed by atoms with Gasteiger partial charge in [-0.3, -0.25) is 14.7 Å². The summed E-state index contributed by atoms with van der Waals surface area (Å²) in [5.74, 6) is 0.919. The van der Waals surface area contributed by atoms with Crippen LogP contribution in [0, 0.1) is 6.92 Å². The van der Waals surface area contributed by atoms with Crippen LogP contribution in [0.2, 0.25) is 0 Å². The minimum Gasteiger partial charge on any atom is -0.345 e. The van der Waals surface area contributed by atoms with Crippen molar-refractivity contribution in [2.75, 3.05) is 5.32 Å². The molecule has 7 nitrogen and oxygen atoms in total. The molecule has 1 unspecified atom stereocenters. The van der Waals surface area contributed by atoms with Gasteiger partial charge in [0.2, 0.25) is 5.91 Å². The van der Waals surface area contributed by atoms with Crippen LogP contribution in [0.1, 0.15) is 34.2 Å². The first-order chi connectivity index (χ1) is 15.6. The molecule has 1 atom stereocenters. The van der Waals surface area contributed by atoms with E-state index in [0.29, 0.717) is 17.1 Å². The summed E-state index contributed by atoms with van der Waals surface area (Å²) >= 11 is 0. The Kier molecular flexibility index (Phi) is 6.36. The molecule has 0 bridgehead atoms. The number of rotatable bonds is 7. The van der Waals surface area contributed by atoms with Crippen LogP contribution in [0.25, 0.3) is 11.4 Å². The summed E-state index contributed by atoms with van der Waals surface area (Å²) in [6.07, 6.45) is 0.102. The largest absolute Gasteiger partial charge is 0.345 e. The number of carbonyl (C=O) groups is 2. The van der Waals surface area contributed by atoms with Gasteiger partial charge in [0.05, 0.1) is 12.5 Å². The lowest BCUT2D eigenvalue weighted by Crippen LogP contribution is -2.31. The Morgan fingerprint density at radius 1 is 0.906 bits per heavy atom. The van der Waals surface area contributed by atoms with Crippen molar-refractivity contribution in [3.63, 3.8) is 0 Å². The highest BCUT2D eigenvalue weighted by molar-refractivity contribution is 5.96. The molecule has 7 heteroatoms. The van der Waals surface area contributed by atoms with Crippen LogP contribution in [0.3, 0.4) is 0 Å². The topological polar surface area (TPSA) is 99.8 Å². The van der Waals surface area contributed by atoms with E-state index in [1.54, 1.807) is 24.3 Å². The monoisotopic (exact) mass is 425 g/mol. The number of nitrogens with zero attached hydrogens (tertiary/aromatic N) is 2. The Hall–Kier alpha value is -4.26. The van der Waals surface area contributed by atoms with Crippen LogP contribution in [0.4, 0.5) is 5.69 Å². The van der Waals surface area contributed by atoms with Crippen LogP contribution < -0.4 is 10.6 Å². The molecule has 0 radical (unpaired) electrons. The molecule has 4 aromatic rings. The van der Waals surface area contributed by atoms with E-state index in [1.807, 2.05) is 67.6 Å². The van der Waals surface area contributed by atoms with Crippen molar-refractivity contribution in [1.29, 1.82) is 0 Å². The van der Waals surface area contributed by atoms with Gasteiger partial charge in [0, 0.05) is 16.8 Å². The fraction of sp³-hybridized carbons (Fsp3) is 0.120. The summed E-state index contributed by atoms with van der Waals surface area (Å²) in [4.78, 5) is 29.8. The zero-order valence-corrected chi connectivity index (χ0v) is 17.6. The third-order valence-corrected chi connectivity index (χ3v) is 4.96. The average molecular weight is 425 g/mol. The second-order valence-electron chi connectivity index (χ2n) is 7.38. The standard InChI is InChI=1S/C25H23N5O2/c1-17-26-24(30-29-17)19-12-14-21(15-13-19)27-23(31)16-22(18-8-4-2-5-9-18)28-25(32)20-10-6-3-7-11-20/h2-15,22H,16H2,1H3,(H,27,31)(H,28,32)(H,26,29,30). The molecule has 2 amide bonds. The van der Waals surface area contributed by atoms with E-state index < -0.39 is 6.04 Å². The average Bonchev–Trinajstić information content (AvgIpc) is 3.26. The highest BCUT2D eigenvalue weighted by Crippen LogP contribution is 2.21. The number of benzene rings is 3. The van der Waals surface area contributed by atoms with Crippen molar-refractivity contribution < 1.29 is 9.59 Å². The quantitative estimate of drug-likeness (QED) is 0.411.